The third kappa shape index (κ3) is 4.63. The van der Waals surface area contributed by atoms with Gasteiger partial charge in [-0.3, -0.25) is 14.4 Å². The van der Waals surface area contributed by atoms with Gasteiger partial charge in [0, 0.05) is 41.8 Å². The maximum absolute atomic E-state index is 12.6. The number of nitrogens with zero attached hydrogens (tertiary/aromatic N) is 3. The number of hydrogen-bond acceptors (Lipinski definition) is 4. The van der Waals surface area contributed by atoms with E-state index in [-0.39, 0.29) is 29.0 Å². The van der Waals surface area contributed by atoms with Crippen molar-refractivity contribution >= 4 is 33.4 Å². The molecule has 3 rings (SSSR count). The molecule has 0 atom stereocenters. The third-order valence-electron chi connectivity index (χ3n) is 4.65. The Labute approximate surface area is 165 Å². The van der Waals surface area contributed by atoms with Crippen molar-refractivity contribution < 1.29 is 9.59 Å². The van der Waals surface area contributed by atoms with Crippen molar-refractivity contribution in [1.29, 1.82) is 0 Å². The number of aromatic nitrogens is 2. The van der Waals surface area contributed by atoms with Gasteiger partial charge in [0.1, 0.15) is 5.69 Å². The van der Waals surface area contributed by atoms with Crippen LogP contribution in [0.3, 0.4) is 0 Å². The first-order chi connectivity index (χ1) is 13.0. The molecule has 0 spiro atoms. The molecule has 2 amide bonds. The number of aryl methyl sites for hydroxylation is 1. The van der Waals surface area contributed by atoms with Crippen molar-refractivity contribution in [2.24, 2.45) is 5.92 Å². The first-order valence-corrected chi connectivity index (χ1v) is 9.71. The molecule has 27 heavy (non-hydrogen) atoms. The molecule has 1 aliphatic rings. The molecule has 0 radical (unpaired) electrons. The molecule has 0 unspecified atom stereocenters. The lowest BCUT2D eigenvalue weighted by Gasteiger charge is -2.31. The van der Waals surface area contributed by atoms with E-state index >= 15 is 0 Å². The molecule has 1 aromatic carbocycles. The van der Waals surface area contributed by atoms with Gasteiger partial charge in [0.2, 0.25) is 5.91 Å². The number of amides is 2. The first-order valence-electron chi connectivity index (χ1n) is 8.92. The number of rotatable bonds is 4. The summed E-state index contributed by atoms with van der Waals surface area (Å²) in [6.45, 7) is 3.20. The summed E-state index contributed by atoms with van der Waals surface area (Å²) in [7, 11) is 0. The van der Waals surface area contributed by atoms with E-state index in [4.69, 9.17) is 0 Å². The topological polar surface area (TPSA) is 84.3 Å². The molecule has 1 fully saturated rings. The van der Waals surface area contributed by atoms with Crippen LogP contribution < -0.4 is 10.9 Å². The molecule has 8 heteroatoms. The normalized spacial score (nSPS) is 14.8. The molecular formula is C19H21BrN4O3. The Morgan fingerprint density at radius 1 is 1.15 bits per heavy atom. The molecule has 1 aromatic heterocycles. The van der Waals surface area contributed by atoms with Crippen molar-refractivity contribution in [3.05, 3.63) is 56.9 Å². The van der Waals surface area contributed by atoms with Crippen LogP contribution in [0, 0.1) is 5.92 Å². The number of nitrogens with one attached hydrogen (secondary N) is 1. The zero-order valence-electron chi connectivity index (χ0n) is 15.0. The van der Waals surface area contributed by atoms with E-state index in [1.165, 1.54) is 16.8 Å². The first kappa shape index (κ1) is 19.3. The Morgan fingerprint density at radius 2 is 1.81 bits per heavy atom. The highest BCUT2D eigenvalue weighted by molar-refractivity contribution is 9.10. The van der Waals surface area contributed by atoms with Gasteiger partial charge in [-0.25, -0.2) is 4.68 Å². The lowest BCUT2D eigenvalue weighted by atomic mass is 9.95. The van der Waals surface area contributed by atoms with Gasteiger partial charge in [0.25, 0.3) is 11.5 Å². The fourth-order valence-corrected chi connectivity index (χ4v) is 3.34. The smallest absolute Gasteiger partial charge is 0.274 e. The third-order valence-corrected chi connectivity index (χ3v) is 5.18. The minimum atomic E-state index is -0.225. The van der Waals surface area contributed by atoms with Crippen LogP contribution in [0.15, 0.2) is 45.7 Å². The maximum Gasteiger partial charge on any atom is 0.274 e. The van der Waals surface area contributed by atoms with E-state index < -0.39 is 0 Å². The van der Waals surface area contributed by atoms with Crippen LogP contribution >= 0.6 is 15.9 Å². The Bertz CT molecular complexity index is 887. The van der Waals surface area contributed by atoms with E-state index in [0.29, 0.717) is 32.5 Å². The van der Waals surface area contributed by atoms with Gasteiger partial charge in [0.15, 0.2) is 0 Å². The quantitative estimate of drug-likeness (QED) is 0.803. The molecule has 7 nitrogen and oxygen atoms in total. The summed E-state index contributed by atoms with van der Waals surface area (Å²) in [5, 5.41) is 7.04. The highest BCUT2D eigenvalue weighted by Gasteiger charge is 2.28. The molecule has 1 N–H and O–H groups in total. The summed E-state index contributed by atoms with van der Waals surface area (Å²) >= 11 is 3.37. The zero-order valence-corrected chi connectivity index (χ0v) is 16.6. The van der Waals surface area contributed by atoms with Crippen LogP contribution in [0.2, 0.25) is 0 Å². The fraction of sp³-hybridized carbons (Fsp3) is 0.368. The minimum absolute atomic E-state index is 0.0259. The van der Waals surface area contributed by atoms with E-state index in [1.54, 1.807) is 11.8 Å². The molecule has 1 aliphatic heterocycles. The second-order valence-corrected chi connectivity index (χ2v) is 7.35. The lowest BCUT2D eigenvalue weighted by molar-refractivity contribution is -0.121. The van der Waals surface area contributed by atoms with Gasteiger partial charge in [-0.15, -0.1) is 0 Å². The van der Waals surface area contributed by atoms with Gasteiger partial charge in [-0.2, -0.15) is 5.10 Å². The summed E-state index contributed by atoms with van der Waals surface area (Å²) in [6.07, 6.45) is 1.20. The number of piperidine rings is 1. The van der Waals surface area contributed by atoms with Gasteiger partial charge in [-0.1, -0.05) is 15.9 Å². The van der Waals surface area contributed by atoms with Gasteiger partial charge >= 0.3 is 0 Å². The van der Waals surface area contributed by atoms with Gasteiger partial charge < -0.3 is 10.2 Å². The minimum Gasteiger partial charge on any atom is -0.337 e. The second-order valence-electron chi connectivity index (χ2n) is 6.44. The predicted molar refractivity (Wildman–Crippen MR) is 106 cm³/mol. The summed E-state index contributed by atoms with van der Waals surface area (Å²) in [4.78, 5) is 38.4. The molecule has 2 heterocycles. The van der Waals surface area contributed by atoms with Crippen LogP contribution in [-0.4, -0.2) is 39.6 Å². The number of halogens is 1. The standard InChI is InChI=1S/C19H21BrN4O3/c1-2-24-17(25)8-7-16(22-24)19(27)23-11-9-13(10-12-23)18(26)21-15-5-3-14(20)4-6-15/h3-8,13H,2,9-12H2,1H3,(H,21,26). The average Bonchev–Trinajstić information content (AvgIpc) is 2.69. The number of carbonyl (C=O) groups is 2. The summed E-state index contributed by atoms with van der Waals surface area (Å²) < 4.78 is 2.22. The molecular weight excluding hydrogens is 412 g/mol. The SMILES string of the molecule is CCn1nc(C(=O)N2CCC(C(=O)Nc3ccc(Br)cc3)CC2)ccc1=O. The predicted octanol–water partition coefficient (Wildman–Crippen LogP) is 2.52. The highest BCUT2D eigenvalue weighted by Crippen LogP contribution is 2.21. The maximum atomic E-state index is 12.6. The fourth-order valence-electron chi connectivity index (χ4n) is 3.07. The molecule has 0 aliphatic carbocycles. The summed E-state index contributed by atoms with van der Waals surface area (Å²) in [6, 6.07) is 10.3. The Balaban J connectivity index is 1.58. The van der Waals surface area contributed by atoms with Crippen LogP contribution in [0.4, 0.5) is 5.69 Å². The van der Waals surface area contributed by atoms with Crippen molar-refractivity contribution in [3.8, 4) is 0 Å². The monoisotopic (exact) mass is 432 g/mol. The van der Waals surface area contributed by atoms with E-state index in [1.807, 2.05) is 24.3 Å². The molecule has 0 bridgehead atoms. The highest BCUT2D eigenvalue weighted by atomic mass is 79.9. The summed E-state index contributed by atoms with van der Waals surface area (Å²) in [5.74, 6) is -0.360. The van der Waals surface area contributed by atoms with Crippen molar-refractivity contribution in [2.75, 3.05) is 18.4 Å². The molecule has 2 aromatic rings. The number of carbonyl (C=O) groups excluding carboxylic acids is 2. The average molecular weight is 433 g/mol. The van der Waals surface area contributed by atoms with Gasteiger partial charge in [0.05, 0.1) is 0 Å². The van der Waals surface area contributed by atoms with E-state index in [2.05, 4.69) is 26.3 Å². The van der Waals surface area contributed by atoms with Gasteiger partial charge in [-0.05, 0) is 50.1 Å². The summed E-state index contributed by atoms with van der Waals surface area (Å²) in [5.41, 5.74) is 0.791. The van der Waals surface area contributed by atoms with E-state index in [0.717, 1.165) is 10.2 Å². The van der Waals surface area contributed by atoms with Crippen molar-refractivity contribution in [1.82, 2.24) is 14.7 Å². The molecule has 0 saturated carbocycles. The number of benzene rings is 1. The Hall–Kier alpha value is -2.48. The number of likely N-dealkylation sites (tertiary alicyclic amines) is 1. The zero-order chi connectivity index (χ0) is 19.4. The Kier molecular flexibility index (Phi) is 6.05. The largest absolute Gasteiger partial charge is 0.337 e. The van der Waals surface area contributed by atoms with Crippen LogP contribution in [0.5, 0.6) is 0 Å². The van der Waals surface area contributed by atoms with Crippen LogP contribution in [0.25, 0.3) is 0 Å². The van der Waals surface area contributed by atoms with E-state index in [9.17, 15) is 14.4 Å². The number of hydrogen-bond donors (Lipinski definition) is 1. The van der Waals surface area contributed by atoms with Crippen LogP contribution in [0.1, 0.15) is 30.3 Å². The van der Waals surface area contributed by atoms with Crippen LogP contribution in [-0.2, 0) is 11.3 Å². The Morgan fingerprint density at radius 3 is 2.44 bits per heavy atom. The van der Waals surface area contributed by atoms with Crippen molar-refractivity contribution in [3.63, 3.8) is 0 Å². The lowest BCUT2D eigenvalue weighted by Crippen LogP contribution is -2.42. The number of anilines is 1. The molecule has 1 saturated heterocycles. The molecule has 142 valence electrons. The second kappa shape index (κ2) is 8.47. The van der Waals surface area contributed by atoms with Crippen molar-refractivity contribution in [2.45, 2.75) is 26.3 Å².